The van der Waals surface area contributed by atoms with Gasteiger partial charge in [0.25, 0.3) is 5.91 Å². The molecule has 3 aromatic carbocycles. The van der Waals surface area contributed by atoms with Crippen molar-refractivity contribution in [3.05, 3.63) is 100 Å². The Bertz CT molecular complexity index is 1480. The molecule has 4 aromatic rings. The zero-order valence-electron chi connectivity index (χ0n) is 20.6. The summed E-state index contributed by atoms with van der Waals surface area (Å²) in [6, 6.07) is 20.3. The number of sulfonamides is 1. The van der Waals surface area contributed by atoms with Crippen molar-refractivity contribution >= 4 is 21.6 Å². The summed E-state index contributed by atoms with van der Waals surface area (Å²) in [5.41, 5.74) is 5.66. The molecule has 0 fully saturated rings. The number of amides is 1. The number of anilines is 1. The molecule has 9 heteroatoms. The van der Waals surface area contributed by atoms with Crippen LogP contribution in [0.3, 0.4) is 0 Å². The van der Waals surface area contributed by atoms with Gasteiger partial charge in [0.15, 0.2) is 0 Å². The predicted octanol–water partition coefficient (Wildman–Crippen LogP) is 4.56. The number of nitrogens with zero attached hydrogens (tertiary/aromatic N) is 3. The lowest BCUT2D eigenvalue weighted by atomic mass is 10.1. The summed E-state index contributed by atoms with van der Waals surface area (Å²) < 4.78 is 31.7. The van der Waals surface area contributed by atoms with Gasteiger partial charge < -0.3 is 9.84 Å². The lowest BCUT2D eigenvalue weighted by molar-refractivity contribution is 0.0946. The first-order valence-corrected chi connectivity index (χ1v) is 13.3. The monoisotopic (exact) mass is 504 g/mol. The first kappa shape index (κ1) is 25.1. The summed E-state index contributed by atoms with van der Waals surface area (Å²) in [6.07, 6.45) is 1.19. The Hall–Kier alpha value is -3.98. The SMILES string of the molecule is Cc1ccc(-c2noc(CNC(=O)c3ccc(CN(c4cc(C)ccc4C)S(C)(=O)=O)cc3)n2)cc1. The molecule has 0 saturated heterocycles. The minimum atomic E-state index is -3.51. The average Bonchev–Trinajstić information content (AvgIpc) is 3.32. The number of carbonyl (C=O) groups excluding carboxylic acids is 1. The molecule has 0 aliphatic rings. The molecule has 4 rings (SSSR count). The van der Waals surface area contributed by atoms with E-state index in [1.807, 2.05) is 63.2 Å². The van der Waals surface area contributed by atoms with Crippen LogP contribution in [0, 0.1) is 20.8 Å². The van der Waals surface area contributed by atoms with E-state index in [1.165, 1.54) is 10.6 Å². The average molecular weight is 505 g/mol. The first-order chi connectivity index (χ1) is 17.1. The Balaban J connectivity index is 1.41. The Morgan fingerprint density at radius 2 is 1.61 bits per heavy atom. The van der Waals surface area contributed by atoms with E-state index in [2.05, 4.69) is 15.5 Å². The molecule has 0 spiro atoms. The lowest BCUT2D eigenvalue weighted by Crippen LogP contribution is -2.30. The van der Waals surface area contributed by atoms with Gasteiger partial charge in [-0.25, -0.2) is 8.42 Å². The van der Waals surface area contributed by atoms with Crippen LogP contribution in [0.25, 0.3) is 11.4 Å². The van der Waals surface area contributed by atoms with Gasteiger partial charge in [0.05, 0.1) is 25.0 Å². The largest absolute Gasteiger partial charge is 0.343 e. The fourth-order valence-electron chi connectivity index (χ4n) is 3.70. The van der Waals surface area contributed by atoms with Gasteiger partial charge in [0, 0.05) is 11.1 Å². The van der Waals surface area contributed by atoms with Crippen molar-refractivity contribution in [1.82, 2.24) is 15.5 Å². The molecule has 0 atom stereocenters. The second kappa shape index (κ2) is 10.3. The van der Waals surface area contributed by atoms with Crippen LogP contribution >= 0.6 is 0 Å². The van der Waals surface area contributed by atoms with Gasteiger partial charge in [-0.05, 0) is 55.7 Å². The molecule has 8 nitrogen and oxygen atoms in total. The maximum atomic E-state index is 12.6. The number of nitrogens with one attached hydrogen (secondary N) is 1. The van der Waals surface area contributed by atoms with Crippen LogP contribution in [-0.4, -0.2) is 30.7 Å². The normalized spacial score (nSPS) is 11.3. The second-order valence-electron chi connectivity index (χ2n) is 8.82. The van der Waals surface area contributed by atoms with E-state index < -0.39 is 10.0 Å². The number of hydrogen-bond donors (Lipinski definition) is 1. The Morgan fingerprint density at radius 3 is 2.28 bits per heavy atom. The predicted molar refractivity (Wildman–Crippen MR) is 139 cm³/mol. The third-order valence-electron chi connectivity index (χ3n) is 5.75. The van der Waals surface area contributed by atoms with Crippen molar-refractivity contribution in [3.8, 4) is 11.4 Å². The van der Waals surface area contributed by atoms with Gasteiger partial charge in [-0.15, -0.1) is 0 Å². The topological polar surface area (TPSA) is 105 Å². The van der Waals surface area contributed by atoms with Gasteiger partial charge in [0.2, 0.25) is 21.7 Å². The molecule has 0 aliphatic heterocycles. The molecule has 36 heavy (non-hydrogen) atoms. The third kappa shape index (κ3) is 5.98. The zero-order valence-corrected chi connectivity index (χ0v) is 21.5. The highest BCUT2D eigenvalue weighted by Gasteiger charge is 2.20. The molecule has 0 radical (unpaired) electrons. The van der Waals surface area contributed by atoms with Crippen molar-refractivity contribution in [2.45, 2.75) is 33.9 Å². The van der Waals surface area contributed by atoms with Crippen molar-refractivity contribution in [2.24, 2.45) is 0 Å². The molecule has 1 N–H and O–H groups in total. The molecule has 186 valence electrons. The molecule has 1 aromatic heterocycles. The number of hydrogen-bond acceptors (Lipinski definition) is 6. The first-order valence-electron chi connectivity index (χ1n) is 11.4. The van der Waals surface area contributed by atoms with E-state index in [4.69, 9.17) is 4.52 Å². The molecule has 0 saturated carbocycles. The summed E-state index contributed by atoms with van der Waals surface area (Å²) >= 11 is 0. The Morgan fingerprint density at radius 1 is 0.944 bits per heavy atom. The number of benzene rings is 3. The van der Waals surface area contributed by atoms with Gasteiger partial charge in [0.1, 0.15) is 0 Å². The summed E-state index contributed by atoms with van der Waals surface area (Å²) in [5.74, 6) is 0.460. The highest BCUT2D eigenvalue weighted by molar-refractivity contribution is 7.92. The van der Waals surface area contributed by atoms with Crippen LogP contribution in [0.1, 0.15) is 38.5 Å². The number of aromatic nitrogens is 2. The molecule has 0 aliphatic carbocycles. The summed E-state index contributed by atoms with van der Waals surface area (Å²) in [6.45, 7) is 6.06. The van der Waals surface area contributed by atoms with Crippen molar-refractivity contribution in [2.75, 3.05) is 10.6 Å². The van der Waals surface area contributed by atoms with Crippen molar-refractivity contribution in [1.29, 1.82) is 0 Å². The van der Waals surface area contributed by atoms with E-state index in [0.717, 1.165) is 27.8 Å². The van der Waals surface area contributed by atoms with Crippen LogP contribution in [0.5, 0.6) is 0 Å². The molecular weight excluding hydrogens is 476 g/mol. The molecular formula is C27H28N4O4S. The van der Waals surface area contributed by atoms with Gasteiger partial charge in [-0.1, -0.05) is 59.3 Å². The van der Waals surface area contributed by atoms with Crippen molar-refractivity contribution in [3.63, 3.8) is 0 Å². The number of rotatable bonds is 8. The highest BCUT2D eigenvalue weighted by Crippen LogP contribution is 2.26. The molecule has 0 bridgehead atoms. The van der Waals surface area contributed by atoms with Gasteiger partial charge in [-0.3, -0.25) is 9.10 Å². The quantitative estimate of drug-likeness (QED) is 0.377. The summed E-state index contributed by atoms with van der Waals surface area (Å²) in [7, 11) is -3.51. The maximum absolute atomic E-state index is 12.6. The highest BCUT2D eigenvalue weighted by atomic mass is 32.2. The zero-order chi connectivity index (χ0) is 25.9. The molecule has 0 unspecified atom stereocenters. The Labute approximate surface area is 211 Å². The number of carbonyl (C=O) groups is 1. The van der Waals surface area contributed by atoms with E-state index in [0.29, 0.717) is 23.0 Å². The second-order valence-corrected chi connectivity index (χ2v) is 10.7. The van der Waals surface area contributed by atoms with E-state index in [9.17, 15) is 13.2 Å². The summed E-state index contributed by atoms with van der Waals surface area (Å²) in [4.78, 5) is 17.0. The van der Waals surface area contributed by atoms with E-state index in [1.54, 1.807) is 24.3 Å². The van der Waals surface area contributed by atoms with E-state index >= 15 is 0 Å². The maximum Gasteiger partial charge on any atom is 0.251 e. The molecule has 1 heterocycles. The smallest absolute Gasteiger partial charge is 0.251 e. The van der Waals surface area contributed by atoms with Crippen LogP contribution in [0.2, 0.25) is 0 Å². The van der Waals surface area contributed by atoms with Crippen LogP contribution < -0.4 is 9.62 Å². The fourth-order valence-corrected chi connectivity index (χ4v) is 4.64. The van der Waals surface area contributed by atoms with Crippen LogP contribution in [-0.2, 0) is 23.1 Å². The standard InChI is InChI=1S/C27H28N4O4S/c1-18-6-11-22(12-7-18)26-29-25(35-30-26)16-28-27(32)23-13-9-21(10-14-23)17-31(36(4,33)34)24-15-19(2)5-8-20(24)3/h5-15H,16-17H2,1-4H3,(H,28,32). The summed E-state index contributed by atoms with van der Waals surface area (Å²) in [5, 5.41) is 6.74. The number of aryl methyl sites for hydroxylation is 3. The van der Waals surface area contributed by atoms with E-state index in [-0.39, 0.29) is 19.0 Å². The Kier molecular flexibility index (Phi) is 7.21. The van der Waals surface area contributed by atoms with Crippen LogP contribution in [0.4, 0.5) is 5.69 Å². The minimum Gasteiger partial charge on any atom is -0.343 e. The van der Waals surface area contributed by atoms with Crippen molar-refractivity contribution < 1.29 is 17.7 Å². The van der Waals surface area contributed by atoms with Crippen LogP contribution in [0.15, 0.2) is 71.3 Å². The van der Waals surface area contributed by atoms with Gasteiger partial charge in [-0.2, -0.15) is 4.98 Å². The van der Waals surface area contributed by atoms with Gasteiger partial charge >= 0.3 is 0 Å². The minimum absolute atomic E-state index is 0.0912. The third-order valence-corrected chi connectivity index (χ3v) is 6.88. The molecule has 1 amide bonds. The lowest BCUT2D eigenvalue weighted by Gasteiger charge is -2.25. The fraction of sp³-hybridized carbons (Fsp3) is 0.222.